The quantitative estimate of drug-likeness (QED) is 0.636. The Labute approximate surface area is 177 Å². The molecule has 11 heteroatoms. The summed E-state index contributed by atoms with van der Waals surface area (Å²) in [5.41, 5.74) is 1.00. The fraction of sp³-hybridized carbons (Fsp3) is 0.500. The maximum atomic E-state index is 13.9. The highest BCUT2D eigenvalue weighted by atomic mass is 19.3. The molecule has 3 aromatic rings. The molecule has 0 radical (unpaired) electrons. The van der Waals surface area contributed by atoms with Crippen molar-refractivity contribution in [2.45, 2.75) is 25.3 Å². The molecular weight excluding hydrogens is 406 g/mol. The van der Waals surface area contributed by atoms with Gasteiger partial charge in [-0.15, -0.1) is 0 Å². The van der Waals surface area contributed by atoms with Crippen molar-refractivity contribution in [1.29, 1.82) is 0 Å². The standard InChI is InChI=1S/C20H24F2N8O/c21-16(22)17-25-14-3-1-2-4-15(14)30(17)20-27-18(24-13-5-7-23-8-6-13)26-19(28-20)29-9-11-31-12-10-29/h1-4,13,16,23H,5-12H2,(H,24,26,27,28). The van der Waals surface area contributed by atoms with E-state index in [2.05, 4.69) is 30.6 Å². The van der Waals surface area contributed by atoms with Crippen LogP contribution in [0.1, 0.15) is 25.1 Å². The normalized spacial score (nSPS) is 18.1. The summed E-state index contributed by atoms with van der Waals surface area (Å²) in [4.78, 5) is 19.8. The number of benzene rings is 1. The number of imidazole rings is 1. The zero-order valence-corrected chi connectivity index (χ0v) is 17.0. The van der Waals surface area contributed by atoms with Crippen LogP contribution < -0.4 is 15.5 Å². The predicted molar refractivity (Wildman–Crippen MR) is 112 cm³/mol. The molecule has 31 heavy (non-hydrogen) atoms. The monoisotopic (exact) mass is 430 g/mol. The number of rotatable bonds is 5. The van der Waals surface area contributed by atoms with Crippen molar-refractivity contribution < 1.29 is 13.5 Å². The Morgan fingerprint density at radius 2 is 1.74 bits per heavy atom. The maximum Gasteiger partial charge on any atom is 0.296 e. The molecule has 164 valence electrons. The summed E-state index contributed by atoms with van der Waals surface area (Å²) in [6.45, 7) is 4.20. The number of hydrogen-bond acceptors (Lipinski definition) is 8. The second-order valence-electron chi connectivity index (χ2n) is 7.62. The van der Waals surface area contributed by atoms with Gasteiger partial charge in [-0.05, 0) is 38.1 Å². The minimum absolute atomic E-state index is 0.136. The van der Waals surface area contributed by atoms with Crippen LogP contribution in [0.2, 0.25) is 0 Å². The molecule has 0 aliphatic carbocycles. The average Bonchev–Trinajstić information content (AvgIpc) is 3.20. The number of ether oxygens (including phenoxy) is 1. The lowest BCUT2D eigenvalue weighted by Gasteiger charge is -2.28. The Balaban J connectivity index is 1.61. The maximum absolute atomic E-state index is 13.9. The fourth-order valence-corrected chi connectivity index (χ4v) is 3.97. The van der Waals surface area contributed by atoms with Gasteiger partial charge in [-0.2, -0.15) is 15.0 Å². The van der Waals surface area contributed by atoms with Crippen LogP contribution in [0.15, 0.2) is 24.3 Å². The van der Waals surface area contributed by atoms with Crippen LogP contribution >= 0.6 is 0 Å². The van der Waals surface area contributed by atoms with Gasteiger partial charge in [-0.25, -0.2) is 13.8 Å². The molecular formula is C20H24F2N8O. The summed E-state index contributed by atoms with van der Waals surface area (Å²) >= 11 is 0. The first-order valence-electron chi connectivity index (χ1n) is 10.5. The van der Waals surface area contributed by atoms with E-state index in [-0.39, 0.29) is 17.8 Å². The van der Waals surface area contributed by atoms with Crippen LogP contribution in [0.25, 0.3) is 17.0 Å². The van der Waals surface area contributed by atoms with Crippen molar-refractivity contribution in [3.05, 3.63) is 30.1 Å². The molecule has 0 bridgehead atoms. The highest BCUT2D eigenvalue weighted by molar-refractivity contribution is 5.77. The minimum Gasteiger partial charge on any atom is -0.378 e. The molecule has 0 atom stereocenters. The molecule has 9 nitrogen and oxygen atoms in total. The van der Waals surface area contributed by atoms with Crippen molar-refractivity contribution in [3.8, 4) is 5.95 Å². The molecule has 0 amide bonds. The predicted octanol–water partition coefficient (Wildman–Crippen LogP) is 2.15. The van der Waals surface area contributed by atoms with Gasteiger partial charge in [0, 0.05) is 19.1 Å². The molecule has 2 saturated heterocycles. The molecule has 0 spiro atoms. The van der Waals surface area contributed by atoms with E-state index in [1.54, 1.807) is 24.3 Å². The van der Waals surface area contributed by atoms with E-state index in [1.807, 2.05) is 4.90 Å². The number of fused-ring (bicyclic) bond motifs is 1. The molecule has 2 N–H and O–H groups in total. The Kier molecular flexibility index (Phi) is 5.60. The number of morpholine rings is 1. The highest BCUT2D eigenvalue weighted by Crippen LogP contribution is 2.28. The second kappa shape index (κ2) is 8.67. The van der Waals surface area contributed by atoms with Gasteiger partial charge in [0.2, 0.25) is 17.8 Å². The molecule has 2 aliphatic rings. The van der Waals surface area contributed by atoms with E-state index in [4.69, 9.17) is 4.74 Å². The first-order valence-corrected chi connectivity index (χ1v) is 10.5. The molecule has 2 aromatic heterocycles. The van der Waals surface area contributed by atoms with Gasteiger partial charge in [0.15, 0.2) is 5.82 Å². The summed E-state index contributed by atoms with van der Waals surface area (Å²) in [7, 11) is 0. The average molecular weight is 430 g/mol. The molecule has 5 rings (SSSR count). The first-order chi connectivity index (χ1) is 15.2. The largest absolute Gasteiger partial charge is 0.378 e. The van der Waals surface area contributed by atoms with Crippen LogP contribution in [0, 0.1) is 0 Å². The minimum atomic E-state index is -2.77. The summed E-state index contributed by atoms with van der Waals surface area (Å²) in [6, 6.07) is 7.21. The van der Waals surface area contributed by atoms with E-state index >= 15 is 0 Å². The number of hydrogen-bond donors (Lipinski definition) is 2. The third-order valence-electron chi connectivity index (χ3n) is 5.56. The van der Waals surface area contributed by atoms with Gasteiger partial charge in [-0.1, -0.05) is 12.1 Å². The SMILES string of the molecule is FC(F)c1nc2ccccc2n1-c1nc(NC2CCNCC2)nc(N2CCOCC2)n1. The first kappa shape index (κ1) is 20.0. The van der Waals surface area contributed by atoms with Crippen molar-refractivity contribution in [2.75, 3.05) is 49.6 Å². The summed E-state index contributed by atoms with van der Waals surface area (Å²) < 4.78 is 34.5. The lowest BCUT2D eigenvalue weighted by Crippen LogP contribution is -2.38. The number of anilines is 2. The van der Waals surface area contributed by atoms with Gasteiger partial charge in [0.25, 0.3) is 6.43 Å². The summed E-state index contributed by atoms with van der Waals surface area (Å²) in [6.07, 6.45) is -0.897. The topological polar surface area (TPSA) is 93.0 Å². The van der Waals surface area contributed by atoms with Gasteiger partial charge in [0.1, 0.15) is 0 Å². The summed E-state index contributed by atoms with van der Waals surface area (Å²) in [5, 5.41) is 6.70. The lowest BCUT2D eigenvalue weighted by molar-refractivity contribution is 0.122. The van der Waals surface area contributed by atoms with E-state index in [9.17, 15) is 8.78 Å². The zero-order valence-electron chi connectivity index (χ0n) is 17.0. The van der Waals surface area contributed by atoms with Crippen LogP contribution in [0.4, 0.5) is 20.7 Å². The van der Waals surface area contributed by atoms with E-state index in [0.29, 0.717) is 49.2 Å². The number of halogens is 2. The van der Waals surface area contributed by atoms with Crippen molar-refractivity contribution >= 4 is 22.9 Å². The van der Waals surface area contributed by atoms with Crippen LogP contribution in [-0.2, 0) is 4.74 Å². The van der Waals surface area contributed by atoms with E-state index in [1.165, 1.54) is 4.57 Å². The fourth-order valence-electron chi connectivity index (χ4n) is 3.97. The Morgan fingerprint density at radius 1 is 1.00 bits per heavy atom. The number of nitrogens with one attached hydrogen (secondary N) is 2. The number of para-hydroxylation sites is 2. The van der Waals surface area contributed by atoms with Gasteiger partial charge in [0.05, 0.1) is 24.2 Å². The lowest BCUT2D eigenvalue weighted by atomic mass is 10.1. The van der Waals surface area contributed by atoms with E-state index in [0.717, 1.165) is 25.9 Å². The Hall–Kier alpha value is -2.92. The van der Waals surface area contributed by atoms with Gasteiger partial charge >= 0.3 is 0 Å². The van der Waals surface area contributed by atoms with Crippen molar-refractivity contribution in [1.82, 2.24) is 29.8 Å². The zero-order chi connectivity index (χ0) is 21.2. The van der Waals surface area contributed by atoms with Crippen LogP contribution in [0.3, 0.4) is 0 Å². The molecule has 0 saturated carbocycles. The van der Waals surface area contributed by atoms with E-state index < -0.39 is 6.43 Å². The van der Waals surface area contributed by atoms with Gasteiger partial charge in [-0.3, -0.25) is 4.57 Å². The Morgan fingerprint density at radius 3 is 2.52 bits per heavy atom. The molecule has 2 fully saturated rings. The Bertz CT molecular complexity index is 1050. The molecule has 1 aromatic carbocycles. The van der Waals surface area contributed by atoms with Crippen LogP contribution in [-0.4, -0.2) is 69.9 Å². The molecule has 4 heterocycles. The van der Waals surface area contributed by atoms with Crippen molar-refractivity contribution in [2.24, 2.45) is 0 Å². The number of alkyl halides is 2. The molecule has 0 unspecified atom stereocenters. The molecule has 2 aliphatic heterocycles. The summed E-state index contributed by atoms with van der Waals surface area (Å²) in [5.74, 6) is 0.587. The smallest absolute Gasteiger partial charge is 0.296 e. The number of piperidine rings is 1. The number of aromatic nitrogens is 5. The third-order valence-corrected chi connectivity index (χ3v) is 5.56. The number of nitrogens with zero attached hydrogens (tertiary/aromatic N) is 6. The van der Waals surface area contributed by atoms with Gasteiger partial charge < -0.3 is 20.3 Å². The highest BCUT2D eigenvalue weighted by Gasteiger charge is 2.25. The second-order valence-corrected chi connectivity index (χ2v) is 7.62. The van der Waals surface area contributed by atoms with Crippen LogP contribution in [0.5, 0.6) is 0 Å². The third kappa shape index (κ3) is 4.15. The van der Waals surface area contributed by atoms with Crippen molar-refractivity contribution in [3.63, 3.8) is 0 Å².